The lowest BCUT2D eigenvalue weighted by Gasteiger charge is -2.44. The quantitative estimate of drug-likeness (QED) is 0.742. The van der Waals surface area contributed by atoms with Gasteiger partial charge in [0.15, 0.2) is 5.88 Å². The van der Waals surface area contributed by atoms with Crippen molar-refractivity contribution in [3.8, 4) is 11.5 Å². The zero-order valence-corrected chi connectivity index (χ0v) is 16.7. The van der Waals surface area contributed by atoms with Gasteiger partial charge in [0.2, 0.25) is 0 Å². The average molecular weight is 368 g/mol. The van der Waals surface area contributed by atoms with Crippen LogP contribution in [0.4, 0.5) is 11.4 Å². The molecule has 0 bridgehead atoms. The van der Waals surface area contributed by atoms with Crippen LogP contribution in [-0.2, 0) is 4.74 Å². The number of benzene rings is 2. The van der Waals surface area contributed by atoms with Crippen LogP contribution in [0.5, 0.6) is 11.5 Å². The predicted molar refractivity (Wildman–Crippen MR) is 110 cm³/mol. The van der Waals surface area contributed by atoms with Crippen molar-refractivity contribution in [2.24, 2.45) is 0 Å². The van der Waals surface area contributed by atoms with Crippen molar-refractivity contribution < 1.29 is 14.2 Å². The molecule has 0 aromatic heterocycles. The zero-order chi connectivity index (χ0) is 19.4. The Hall–Kier alpha value is -2.82. The van der Waals surface area contributed by atoms with Gasteiger partial charge >= 0.3 is 0 Å². The molecule has 1 aliphatic rings. The topological polar surface area (TPSA) is 34.2 Å². The van der Waals surface area contributed by atoms with Crippen molar-refractivity contribution in [1.29, 1.82) is 0 Å². The van der Waals surface area contributed by atoms with E-state index in [9.17, 15) is 0 Å². The van der Waals surface area contributed by atoms with Gasteiger partial charge in [0, 0.05) is 16.9 Å². The third-order valence-electron chi connectivity index (χ3n) is 5.15. The maximum absolute atomic E-state index is 5.84. The molecule has 1 atom stereocenters. The average Bonchev–Trinajstić information content (AvgIpc) is 2.73. The smallest absolute Gasteiger partial charge is 0.196 e. The molecule has 2 aromatic carbocycles. The Labute approximate surface area is 161 Å². The third kappa shape index (κ3) is 3.68. The number of nitrogens with zero attached hydrogens (tertiary/aromatic N) is 2. The lowest BCUT2D eigenvalue weighted by molar-refractivity contribution is 0.262. The van der Waals surface area contributed by atoms with Crippen LogP contribution in [0.1, 0.15) is 20.3 Å². The summed E-state index contributed by atoms with van der Waals surface area (Å²) in [6.45, 7) is 5.11. The molecule has 0 N–H and O–H groups in total. The molecule has 0 saturated carbocycles. The Morgan fingerprint density at radius 1 is 0.815 bits per heavy atom. The summed E-state index contributed by atoms with van der Waals surface area (Å²) in [6, 6.07) is 16.5. The minimum absolute atomic E-state index is 0.243. The lowest BCUT2D eigenvalue weighted by Crippen LogP contribution is -2.49. The first-order valence-corrected chi connectivity index (χ1v) is 9.22. The number of anilines is 2. The van der Waals surface area contributed by atoms with Crippen molar-refractivity contribution in [3.63, 3.8) is 0 Å². The van der Waals surface area contributed by atoms with Gasteiger partial charge in [-0.1, -0.05) is 6.92 Å². The second-order valence-corrected chi connectivity index (χ2v) is 6.50. The first-order valence-electron chi connectivity index (χ1n) is 9.22. The van der Waals surface area contributed by atoms with Crippen molar-refractivity contribution >= 4 is 11.4 Å². The summed E-state index contributed by atoms with van der Waals surface area (Å²) in [5.41, 5.74) is 3.50. The van der Waals surface area contributed by atoms with E-state index >= 15 is 0 Å². The highest BCUT2D eigenvalue weighted by Crippen LogP contribution is 2.35. The van der Waals surface area contributed by atoms with E-state index in [1.54, 1.807) is 21.3 Å². The Morgan fingerprint density at radius 3 is 1.78 bits per heavy atom. The molecule has 1 unspecified atom stereocenters. The summed E-state index contributed by atoms with van der Waals surface area (Å²) >= 11 is 0. The van der Waals surface area contributed by atoms with Crippen LogP contribution in [-0.4, -0.2) is 34.0 Å². The largest absolute Gasteiger partial charge is 0.497 e. The molecule has 0 fully saturated rings. The molecule has 0 saturated heterocycles. The van der Waals surface area contributed by atoms with Gasteiger partial charge in [-0.3, -0.25) is 4.90 Å². The van der Waals surface area contributed by atoms with Crippen molar-refractivity contribution in [1.82, 2.24) is 0 Å². The van der Waals surface area contributed by atoms with E-state index in [1.807, 2.05) is 24.3 Å². The number of methoxy groups -OCH3 is 3. The molecular formula is C22H28N2O3. The summed E-state index contributed by atoms with van der Waals surface area (Å²) in [4.78, 5) is 4.59. The Morgan fingerprint density at radius 2 is 1.33 bits per heavy atom. The molecule has 5 heteroatoms. The monoisotopic (exact) mass is 368 g/mol. The van der Waals surface area contributed by atoms with E-state index in [2.05, 4.69) is 47.9 Å². The van der Waals surface area contributed by atoms with Crippen LogP contribution in [0.3, 0.4) is 0 Å². The Bertz CT molecular complexity index is 784. The molecule has 1 heterocycles. The van der Waals surface area contributed by atoms with E-state index in [1.165, 1.54) is 5.57 Å². The van der Waals surface area contributed by atoms with Gasteiger partial charge < -0.3 is 19.1 Å². The van der Waals surface area contributed by atoms with Crippen LogP contribution >= 0.6 is 0 Å². The summed E-state index contributed by atoms with van der Waals surface area (Å²) in [5, 5.41) is 0. The van der Waals surface area contributed by atoms with Gasteiger partial charge in [-0.15, -0.1) is 0 Å². The molecule has 5 nitrogen and oxygen atoms in total. The van der Waals surface area contributed by atoms with Crippen LogP contribution < -0.4 is 19.3 Å². The van der Waals surface area contributed by atoms with E-state index in [0.29, 0.717) is 6.67 Å². The third-order valence-corrected chi connectivity index (χ3v) is 5.15. The van der Waals surface area contributed by atoms with E-state index in [-0.39, 0.29) is 6.04 Å². The maximum Gasteiger partial charge on any atom is 0.196 e. The highest BCUT2D eigenvalue weighted by atomic mass is 16.5. The molecule has 0 spiro atoms. The second kappa shape index (κ2) is 8.25. The van der Waals surface area contributed by atoms with Gasteiger partial charge in [0.05, 0.1) is 34.0 Å². The first-order chi connectivity index (χ1) is 13.1. The number of rotatable bonds is 6. The van der Waals surface area contributed by atoms with Gasteiger partial charge in [-0.05, 0) is 61.9 Å². The maximum atomic E-state index is 5.84. The van der Waals surface area contributed by atoms with Gasteiger partial charge in [-0.2, -0.15) is 0 Å². The fourth-order valence-electron chi connectivity index (χ4n) is 3.61. The molecule has 27 heavy (non-hydrogen) atoms. The highest BCUT2D eigenvalue weighted by Gasteiger charge is 2.32. The number of hydrogen-bond acceptors (Lipinski definition) is 5. The molecule has 0 radical (unpaired) electrons. The fraction of sp³-hybridized carbons (Fsp3) is 0.364. The van der Waals surface area contributed by atoms with E-state index in [4.69, 9.17) is 14.2 Å². The highest BCUT2D eigenvalue weighted by molar-refractivity contribution is 5.61. The molecule has 2 aromatic rings. The van der Waals surface area contributed by atoms with Crippen LogP contribution in [0.25, 0.3) is 0 Å². The number of hydrogen-bond donors (Lipinski definition) is 0. The van der Waals surface area contributed by atoms with Crippen LogP contribution in [0, 0.1) is 0 Å². The fourth-order valence-corrected chi connectivity index (χ4v) is 3.61. The Balaban J connectivity index is 2.01. The SMILES string of the molecule is CCC1=C(OC)N(c2ccc(OC)cc2)CN(c2ccc(OC)cc2)C1C. The predicted octanol–water partition coefficient (Wildman–Crippen LogP) is 4.64. The van der Waals surface area contributed by atoms with Crippen molar-refractivity contribution in [2.75, 3.05) is 37.8 Å². The first kappa shape index (κ1) is 19.0. The number of ether oxygens (including phenoxy) is 3. The molecule has 3 rings (SSSR count). The Kier molecular flexibility index (Phi) is 5.79. The van der Waals surface area contributed by atoms with E-state index in [0.717, 1.165) is 35.2 Å². The second-order valence-electron chi connectivity index (χ2n) is 6.50. The molecule has 0 amide bonds. The molecule has 144 valence electrons. The van der Waals surface area contributed by atoms with Crippen molar-refractivity contribution in [3.05, 3.63) is 60.0 Å². The minimum atomic E-state index is 0.243. The van der Waals surface area contributed by atoms with Crippen LogP contribution in [0.15, 0.2) is 60.0 Å². The summed E-state index contributed by atoms with van der Waals surface area (Å²) in [7, 11) is 5.11. The van der Waals surface area contributed by atoms with Crippen molar-refractivity contribution in [2.45, 2.75) is 26.3 Å². The normalized spacial score (nSPS) is 17.1. The van der Waals surface area contributed by atoms with E-state index < -0.39 is 0 Å². The summed E-state index contributed by atoms with van der Waals surface area (Å²) in [6.07, 6.45) is 0.920. The van der Waals surface area contributed by atoms with Gasteiger partial charge in [0.25, 0.3) is 0 Å². The molecule has 1 aliphatic heterocycles. The standard InChI is InChI=1S/C22H28N2O3/c1-6-21-16(2)23(17-7-11-19(25-3)12-8-17)15-24(22(21)27-5)18-9-13-20(26-4)14-10-18/h7-14,16H,6,15H2,1-5H3. The van der Waals surface area contributed by atoms with Crippen LogP contribution in [0.2, 0.25) is 0 Å². The van der Waals surface area contributed by atoms with Gasteiger partial charge in [0.1, 0.15) is 11.5 Å². The molecular weight excluding hydrogens is 340 g/mol. The van der Waals surface area contributed by atoms with Gasteiger partial charge in [-0.25, -0.2) is 0 Å². The zero-order valence-electron chi connectivity index (χ0n) is 16.7. The minimum Gasteiger partial charge on any atom is -0.497 e. The lowest BCUT2D eigenvalue weighted by atomic mass is 10.0. The summed E-state index contributed by atoms with van der Waals surface area (Å²) in [5.74, 6) is 2.63. The molecule has 0 aliphatic carbocycles. The summed E-state index contributed by atoms with van der Waals surface area (Å²) < 4.78 is 16.4.